The molecule has 0 amide bonds. The molecule has 0 radical (unpaired) electrons. The van der Waals surface area contributed by atoms with Crippen molar-refractivity contribution in [3.63, 3.8) is 0 Å². The van der Waals surface area contributed by atoms with Crippen molar-refractivity contribution in [1.82, 2.24) is 0 Å². The summed E-state index contributed by atoms with van der Waals surface area (Å²) in [4.78, 5) is 22.4. The number of carbonyl (C=O) groups is 2. The Morgan fingerprint density at radius 1 is 1.23 bits per heavy atom. The summed E-state index contributed by atoms with van der Waals surface area (Å²) in [6.45, 7) is 3.02. The molecule has 0 saturated heterocycles. The first-order chi connectivity index (χ1) is 10.0. The highest BCUT2D eigenvalue weighted by atomic mass is 19.3. The average Bonchev–Trinajstić information content (AvgIpc) is 2.97. The third-order valence-corrected chi connectivity index (χ3v) is 3.89. The van der Waals surface area contributed by atoms with Crippen LogP contribution in [0.2, 0.25) is 0 Å². The number of hydrogen-bond acceptors (Lipinski definition) is 3. The first-order valence-electron chi connectivity index (χ1n) is 6.24. The Labute approximate surface area is 122 Å². The fraction of sp³-hybridized carbons (Fsp3) is 0.429. The van der Waals surface area contributed by atoms with Crippen LogP contribution in [0, 0.1) is 34.7 Å². The number of esters is 1. The molecule has 0 spiro atoms. The molecule has 0 N–H and O–H groups in total. The molecule has 0 heterocycles. The van der Waals surface area contributed by atoms with Crippen molar-refractivity contribution < 1.29 is 36.3 Å². The van der Waals surface area contributed by atoms with Gasteiger partial charge >= 0.3 is 12.1 Å². The number of halogens is 5. The highest BCUT2D eigenvalue weighted by Crippen LogP contribution is 2.58. The van der Waals surface area contributed by atoms with E-state index in [1.165, 1.54) is 13.8 Å². The zero-order valence-electron chi connectivity index (χ0n) is 11.5. The number of hydrogen-bond donors (Lipinski definition) is 0. The lowest BCUT2D eigenvalue weighted by Gasteiger charge is -2.18. The number of benzene rings is 1. The van der Waals surface area contributed by atoms with Crippen LogP contribution in [0.4, 0.5) is 22.0 Å². The standard InChI is InChI=1S/C14H11F5O3/c1-13(2)7(5-20)9(13)12(21)22-14(18,19)6-3-4-8(15)11(17)10(6)16/h3-5,7,9H,1-2H3. The summed E-state index contributed by atoms with van der Waals surface area (Å²) in [6, 6.07) is 0.584. The van der Waals surface area contributed by atoms with E-state index in [1.54, 1.807) is 0 Å². The molecule has 0 bridgehead atoms. The predicted octanol–water partition coefficient (Wildman–Crippen LogP) is 3.17. The van der Waals surface area contributed by atoms with Crippen LogP contribution < -0.4 is 0 Å². The molecule has 120 valence electrons. The molecule has 1 aliphatic rings. The first kappa shape index (κ1) is 16.4. The van der Waals surface area contributed by atoms with Crippen molar-refractivity contribution in [2.24, 2.45) is 17.3 Å². The molecule has 2 unspecified atom stereocenters. The van der Waals surface area contributed by atoms with E-state index in [4.69, 9.17) is 0 Å². The Balaban J connectivity index is 2.24. The maximum absolute atomic E-state index is 13.8. The molecule has 1 fully saturated rings. The van der Waals surface area contributed by atoms with Gasteiger partial charge in [0.1, 0.15) is 11.8 Å². The molecule has 0 aliphatic heterocycles. The van der Waals surface area contributed by atoms with Crippen LogP contribution in [-0.2, 0) is 20.4 Å². The molecule has 22 heavy (non-hydrogen) atoms. The largest absolute Gasteiger partial charge is 0.431 e. The summed E-state index contributed by atoms with van der Waals surface area (Å²) in [6.07, 6.45) is -4.04. The SMILES string of the molecule is CC1(C)C(C=O)C1C(=O)OC(F)(F)c1ccc(F)c(F)c1F. The molecule has 3 nitrogen and oxygen atoms in total. The average molecular weight is 322 g/mol. The lowest BCUT2D eigenvalue weighted by atomic mass is 10.1. The van der Waals surface area contributed by atoms with Crippen LogP contribution in [-0.4, -0.2) is 12.3 Å². The Bertz CT molecular complexity index is 642. The van der Waals surface area contributed by atoms with Crippen molar-refractivity contribution in [3.8, 4) is 0 Å². The summed E-state index contributed by atoms with van der Waals surface area (Å²) in [5.41, 5.74) is -2.44. The van der Waals surface area contributed by atoms with Gasteiger partial charge in [0.15, 0.2) is 17.5 Å². The van der Waals surface area contributed by atoms with E-state index in [0.717, 1.165) is 0 Å². The first-order valence-corrected chi connectivity index (χ1v) is 6.24. The number of carbonyl (C=O) groups excluding carboxylic acids is 2. The second kappa shape index (κ2) is 5.03. The quantitative estimate of drug-likeness (QED) is 0.370. The van der Waals surface area contributed by atoms with E-state index in [1.807, 2.05) is 0 Å². The molecule has 1 aromatic rings. The smallest absolute Gasteiger partial charge is 0.397 e. The van der Waals surface area contributed by atoms with Crippen LogP contribution in [0.15, 0.2) is 12.1 Å². The molecule has 1 saturated carbocycles. The van der Waals surface area contributed by atoms with Gasteiger partial charge in [0.25, 0.3) is 0 Å². The van der Waals surface area contributed by atoms with Crippen molar-refractivity contribution in [3.05, 3.63) is 35.1 Å². The van der Waals surface area contributed by atoms with Gasteiger partial charge in [0, 0.05) is 5.92 Å². The molecular formula is C14H11F5O3. The van der Waals surface area contributed by atoms with Gasteiger partial charge in [-0.2, -0.15) is 8.78 Å². The molecule has 0 aromatic heterocycles. The van der Waals surface area contributed by atoms with Crippen LogP contribution in [0.3, 0.4) is 0 Å². The second-order valence-electron chi connectivity index (χ2n) is 5.62. The van der Waals surface area contributed by atoms with Crippen LogP contribution in [0.5, 0.6) is 0 Å². The number of ether oxygens (including phenoxy) is 1. The Morgan fingerprint density at radius 2 is 1.82 bits per heavy atom. The van der Waals surface area contributed by atoms with Gasteiger partial charge in [-0.05, 0) is 17.5 Å². The van der Waals surface area contributed by atoms with Crippen molar-refractivity contribution >= 4 is 12.3 Å². The van der Waals surface area contributed by atoms with Crippen molar-refractivity contribution in [1.29, 1.82) is 0 Å². The summed E-state index contributed by atoms with van der Waals surface area (Å²) < 4.78 is 70.6. The molecular weight excluding hydrogens is 311 g/mol. The van der Waals surface area contributed by atoms with E-state index in [2.05, 4.69) is 4.74 Å². The highest BCUT2D eigenvalue weighted by Gasteiger charge is 2.64. The minimum atomic E-state index is -4.48. The van der Waals surface area contributed by atoms with E-state index in [9.17, 15) is 31.5 Å². The summed E-state index contributed by atoms with van der Waals surface area (Å²) >= 11 is 0. The molecule has 2 rings (SSSR count). The Hall–Kier alpha value is -1.99. The Morgan fingerprint density at radius 3 is 2.32 bits per heavy atom. The molecule has 8 heteroatoms. The van der Waals surface area contributed by atoms with E-state index in [0.29, 0.717) is 12.4 Å². The third-order valence-electron chi connectivity index (χ3n) is 3.89. The van der Waals surface area contributed by atoms with E-state index < -0.39 is 52.3 Å². The normalized spacial score (nSPS) is 23.0. The van der Waals surface area contributed by atoms with Gasteiger partial charge in [-0.25, -0.2) is 13.2 Å². The predicted molar refractivity (Wildman–Crippen MR) is 63.1 cm³/mol. The third kappa shape index (κ3) is 2.46. The Kier molecular flexibility index (Phi) is 3.75. The fourth-order valence-electron chi connectivity index (χ4n) is 2.38. The van der Waals surface area contributed by atoms with Gasteiger partial charge in [-0.1, -0.05) is 13.8 Å². The van der Waals surface area contributed by atoms with Crippen molar-refractivity contribution in [2.45, 2.75) is 20.0 Å². The summed E-state index contributed by atoms with van der Waals surface area (Å²) in [5.74, 6) is -9.16. The van der Waals surface area contributed by atoms with Crippen LogP contribution in [0.25, 0.3) is 0 Å². The molecule has 2 atom stereocenters. The van der Waals surface area contributed by atoms with E-state index >= 15 is 0 Å². The lowest BCUT2D eigenvalue weighted by molar-refractivity contribution is -0.243. The second-order valence-corrected chi connectivity index (χ2v) is 5.62. The van der Waals surface area contributed by atoms with Gasteiger partial charge in [-0.15, -0.1) is 0 Å². The fourth-order valence-corrected chi connectivity index (χ4v) is 2.38. The zero-order chi connectivity index (χ0) is 16.9. The number of aldehydes is 1. The number of rotatable bonds is 4. The topological polar surface area (TPSA) is 43.4 Å². The summed E-state index contributed by atoms with van der Waals surface area (Å²) in [5, 5.41) is 0. The lowest BCUT2D eigenvalue weighted by Crippen LogP contribution is -2.26. The molecule has 1 aromatic carbocycles. The maximum atomic E-state index is 13.8. The summed E-state index contributed by atoms with van der Waals surface area (Å²) in [7, 11) is 0. The van der Waals surface area contributed by atoms with Crippen LogP contribution in [0.1, 0.15) is 19.4 Å². The van der Waals surface area contributed by atoms with E-state index in [-0.39, 0.29) is 6.07 Å². The number of alkyl halides is 2. The zero-order valence-corrected chi connectivity index (χ0v) is 11.5. The van der Waals surface area contributed by atoms with Crippen molar-refractivity contribution in [2.75, 3.05) is 0 Å². The van der Waals surface area contributed by atoms with Gasteiger partial charge in [-0.3, -0.25) is 4.79 Å². The highest BCUT2D eigenvalue weighted by molar-refractivity contribution is 5.84. The van der Waals surface area contributed by atoms with Crippen LogP contribution >= 0.6 is 0 Å². The minimum Gasteiger partial charge on any atom is -0.397 e. The maximum Gasteiger partial charge on any atom is 0.431 e. The monoisotopic (exact) mass is 322 g/mol. The minimum absolute atomic E-state index is 0.288. The molecule has 1 aliphatic carbocycles. The van der Waals surface area contributed by atoms with Gasteiger partial charge in [0.05, 0.1) is 5.92 Å². The van der Waals surface area contributed by atoms with Gasteiger partial charge < -0.3 is 9.53 Å². The van der Waals surface area contributed by atoms with Gasteiger partial charge in [0.2, 0.25) is 0 Å².